The highest BCUT2D eigenvalue weighted by Crippen LogP contribution is 2.13. The Kier molecular flexibility index (Phi) is 7.40. The summed E-state index contributed by atoms with van der Waals surface area (Å²) in [5, 5.41) is 8.59. The molecular formula is C15H20O2S. The molecule has 0 aliphatic rings. The molecule has 0 spiro atoms. The third-order valence-corrected chi connectivity index (χ3v) is 3.47. The number of aliphatic hydroxyl groups excluding tert-OH is 1. The third kappa shape index (κ3) is 6.58. The van der Waals surface area contributed by atoms with E-state index in [0.29, 0.717) is 0 Å². The van der Waals surface area contributed by atoms with Gasteiger partial charge in [0.1, 0.15) is 12.4 Å². The van der Waals surface area contributed by atoms with Crippen LogP contribution in [-0.2, 0) is 0 Å². The average Bonchev–Trinajstić information content (AvgIpc) is 2.37. The van der Waals surface area contributed by atoms with Gasteiger partial charge in [0.2, 0.25) is 0 Å². The fourth-order valence-corrected chi connectivity index (χ4v) is 2.15. The Morgan fingerprint density at radius 1 is 1.28 bits per heavy atom. The largest absolute Gasteiger partial charge is 0.493 e. The van der Waals surface area contributed by atoms with Crippen LogP contribution < -0.4 is 4.74 Å². The summed E-state index contributed by atoms with van der Waals surface area (Å²) in [5.41, 5.74) is 0.894. The van der Waals surface area contributed by atoms with Crippen LogP contribution in [0.15, 0.2) is 24.3 Å². The molecule has 0 aliphatic heterocycles. The lowest BCUT2D eigenvalue weighted by Crippen LogP contribution is -2.02. The van der Waals surface area contributed by atoms with Gasteiger partial charge in [0, 0.05) is 11.3 Å². The summed E-state index contributed by atoms with van der Waals surface area (Å²) < 4.78 is 5.63. The first-order valence-electron chi connectivity index (χ1n) is 6.12. The van der Waals surface area contributed by atoms with E-state index in [1.807, 2.05) is 36.0 Å². The topological polar surface area (TPSA) is 29.5 Å². The molecule has 3 heteroatoms. The molecule has 0 atom stereocenters. The molecule has 0 unspecified atom stereocenters. The Morgan fingerprint density at radius 2 is 2.00 bits per heavy atom. The van der Waals surface area contributed by atoms with Crippen LogP contribution in [0, 0.1) is 17.8 Å². The van der Waals surface area contributed by atoms with Gasteiger partial charge in [-0.1, -0.05) is 25.7 Å². The van der Waals surface area contributed by atoms with Crippen molar-refractivity contribution in [3.63, 3.8) is 0 Å². The minimum absolute atomic E-state index is 0.106. The third-order valence-electron chi connectivity index (χ3n) is 2.11. The maximum Gasteiger partial charge on any atom is 0.119 e. The van der Waals surface area contributed by atoms with Crippen molar-refractivity contribution in [3.8, 4) is 17.6 Å². The average molecular weight is 264 g/mol. The molecule has 0 amide bonds. The van der Waals surface area contributed by atoms with Crippen LogP contribution in [0.2, 0.25) is 0 Å². The van der Waals surface area contributed by atoms with Crippen LogP contribution in [0.4, 0.5) is 0 Å². The molecule has 0 radical (unpaired) electrons. The molecule has 0 heterocycles. The van der Waals surface area contributed by atoms with Gasteiger partial charge in [-0.15, -0.1) is 0 Å². The van der Waals surface area contributed by atoms with E-state index in [1.54, 1.807) is 0 Å². The number of hydrogen-bond acceptors (Lipinski definition) is 3. The highest BCUT2D eigenvalue weighted by atomic mass is 32.2. The van der Waals surface area contributed by atoms with E-state index in [2.05, 4.69) is 25.7 Å². The molecule has 1 aromatic carbocycles. The minimum atomic E-state index is -0.106. The second-order valence-corrected chi connectivity index (χ2v) is 5.45. The number of rotatable bonds is 6. The quantitative estimate of drug-likeness (QED) is 0.633. The van der Waals surface area contributed by atoms with Gasteiger partial charge in [-0.3, -0.25) is 0 Å². The summed E-state index contributed by atoms with van der Waals surface area (Å²) in [5.74, 6) is 9.27. The zero-order valence-electron chi connectivity index (χ0n) is 11.0. The molecule has 18 heavy (non-hydrogen) atoms. The van der Waals surface area contributed by atoms with E-state index >= 15 is 0 Å². The first-order valence-corrected chi connectivity index (χ1v) is 7.28. The first kappa shape index (κ1) is 14.9. The fraction of sp³-hybridized carbons (Fsp3) is 0.467. The molecule has 0 bridgehead atoms. The Labute approximate surface area is 114 Å². The number of ether oxygens (including phenoxy) is 1. The molecule has 98 valence electrons. The molecular weight excluding hydrogens is 244 g/mol. The summed E-state index contributed by atoms with van der Waals surface area (Å²) in [6, 6.07) is 7.63. The van der Waals surface area contributed by atoms with Crippen molar-refractivity contribution in [1.82, 2.24) is 0 Å². The lowest BCUT2D eigenvalue weighted by atomic mass is 10.2. The smallest absolute Gasteiger partial charge is 0.119 e. The van der Waals surface area contributed by atoms with Crippen molar-refractivity contribution in [2.75, 3.05) is 24.7 Å². The molecule has 0 saturated heterocycles. The number of hydrogen-bond donors (Lipinski definition) is 1. The summed E-state index contributed by atoms with van der Waals surface area (Å²) in [7, 11) is 0. The Balaban J connectivity index is 2.27. The summed E-state index contributed by atoms with van der Waals surface area (Å²) in [6.45, 7) is 5.07. The van der Waals surface area contributed by atoms with Crippen molar-refractivity contribution < 1.29 is 9.84 Å². The van der Waals surface area contributed by atoms with Crippen molar-refractivity contribution >= 4 is 11.8 Å². The van der Waals surface area contributed by atoms with Gasteiger partial charge in [-0.25, -0.2) is 0 Å². The van der Waals surface area contributed by atoms with Crippen LogP contribution in [-0.4, -0.2) is 29.8 Å². The second kappa shape index (κ2) is 8.91. The maximum absolute atomic E-state index is 8.59. The van der Waals surface area contributed by atoms with Gasteiger partial charge in [-0.2, -0.15) is 11.8 Å². The van der Waals surface area contributed by atoms with Crippen LogP contribution in [0.5, 0.6) is 5.75 Å². The molecule has 1 aromatic rings. The van der Waals surface area contributed by atoms with Crippen LogP contribution in [0.25, 0.3) is 0 Å². The fourth-order valence-electron chi connectivity index (χ4n) is 1.31. The lowest BCUT2D eigenvalue weighted by Gasteiger charge is -2.07. The molecule has 1 rings (SSSR count). The van der Waals surface area contributed by atoms with E-state index in [1.165, 1.54) is 5.75 Å². The number of benzene rings is 1. The molecule has 2 nitrogen and oxygen atoms in total. The zero-order chi connectivity index (χ0) is 13.2. The lowest BCUT2D eigenvalue weighted by molar-refractivity contribution is 0.344. The van der Waals surface area contributed by atoms with Crippen molar-refractivity contribution in [2.45, 2.75) is 13.8 Å². The van der Waals surface area contributed by atoms with Gasteiger partial charge in [0.05, 0.1) is 6.61 Å². The zero-order valence-corrected chi connectivity index (χ0v) is 11.8. The SMILES string of the molecule is CC(C)CSCCOc1ccc(C#CCO)cc1. The molecule has 0 aliphatic carbocycles. The first-order chi connectivity index (χ1) is 8.72. The molecule has 0 saturated carbocycles. The van der Waals surface area contributed by atoms with Gasteiger partial charge in [-0.05, 0) is 35.9 Å². The molecule has 0 fully saturated rings. The summed E-state index contributed by atoms with van der Waals surface area (Å²) >= 11 is 1.92. The van der Waals surface area contributed by atoms with Gasteiger partial charge < -0.3 is 9.84 Å². The predicted molar refractivity (Wildman–Crippen MR) is 78.1 cm³/mol. The summed E-state index contributed by atoms with van der Waals surface area (Å²) in [4.78, 5) is 0. The van der Waals surface area contributed by atoms with E-state index < -0.39 is 0 Å². The Morgan fingerprint density at radius 3 is 2.61 bits per heavy atom. The monoisotopic (exact) mass is 264 g/mol. The normalized spacial score (nSPS) is 10.0. The van der Waals surface area contributed by atoms with E-state index in [0.717, 1.165) is 29.6 Å². The van der Waals surface area contributed by atoms with E-state index in [4.69, 9.17) is 9.84 Å². The number of aliphatic hydroxyl groups is 1. The van der Waals surface area contributed by atoms with Gasteiger partial charge in [0.15, 0.2) is 0 Å². The van der Waals surface area contributed by atoms with E-state index in [9.17, 15) is 0 Å². The van der Waals surface area contributed by atoms with Crippen LogP contribution in [0.3, 0.4) is 0 Å². The van der Waals surface area contributed by atoms with Gasteiger partial charge in [0.25, 0.3) is 0 Å². The minimum Gasteiger partial charge on any atom is -0.493 e. The van der Waals surface area contributed by atoms with Crippen molar-refractivity contribution in [3.05, 3.63) is 29.8 Å². The van der Waals surface area contributed by atoms with Gasteiger partial charge >= 0.3 is 0 Å². The van der Waals surface area contributed by atoms with E-state index in [-0.39, 0.29) is 6.61 Å². The predicted octanol–water partition coefficient (Wildman–Crippen LogP) is 2.80. The second-order valence-electron chi connectivity index (χ2n) is 4.30. The highest BCUT2D eigenvalue weighted by Gasteiger charge is 1.96. The molecule has 0 aromatic heterocycles. The number of thioether (sulfide) groups is 1. The Hall–Kier alpha value is -1.11. The standard InChI is InChI=1S/C15H20O2S/c1-13(2)12-18-11-10-17-15-7-5-14(6-8-15)4-3-9-16/h5-8,13,16H,9-12H2,1-2H3. The van der Waals surface area contributed by atoms with Crippen LogP contribution >= 0.6 is 11.8 Å². The Bertz CT molecular complexity index is 387. The molecule has 1 N–H and O–H groups in total. The van der Waals surface area contributed by atoms with Crippen molar-refractivity contribution in [1.29, 1.82) is 0 Å². The maximum atomic E-state index is 8.59. The van der Waals surface area contributed by atoms with Crippen LogP contribution in [0.1, 0.15) is 19.4 Å². The van der Waals surface area contributed by atoms with Crippen molar-refractivity contribution in [2.24, 2.45) is 5.92 Å². The highest BCUT2D eigenvalue weighted by molar-refractivity contribution is 7.99. The summed E-state index contributed by atoms with van der Waals surface area (Å²) in [6.07, 6.45) is 0.